The van der Waals surface area contributed by atoms with Gasteiger partial charge in [0.05, 0.1) is 23.0 Å². The van der Waals surface area contributed by atoms with Crippen LogP contribution in [-0.4, -0.2) is 21.2 Å². The molecule has 0 aliphatic carbocycles. The Morgan fingerprint density at radius 1 is 1.75 bits per heavy atom. The molecule has 0 bridgehead atoms. The van der Waals surface area contributed by atoms with Crippen LogP contribution >= 0.6 is 11.6 Å². The lowest BCUT2D eigenvalue weighted by atomic mass is 10.1. The average molecular weight is 188 g/mol. The fourth-order valence-electron chi connectivity index (χ4n) is 0.816. The van der Waals surface area contributed by atoms with E-state index in [-0.39, 0.29) is 0 Å². The van der Waals surface area contributed by atoms with Crippen molar-refractivity contribution in [2.75, 3.05) is 0 Å². The fraction of sp³-hybridized carbons (Fsp3) is 0.429. The molecule has 0 atom stereocenters. The number of nitrogens with zero attached hydrogens (tertiary/aromatic N) is 3. The van der Waals surface area contributed by atoms with E-state index in [1.165, 1.54) is 12.4 Å². The van der Waals surface area contributed by atoms with Crippen molar-refractivity contribution in [3.05, 3.63) is 17.4 Å². The van der Waals surface area contributed by atoms with Crippen LogP contribution in [0.15, 0.2) is 17.5 Å². The van der Waals surface area contributed by atoms with Gasteiger partial charge in [-0.25, -0.2) is 0 Å². The van der Waals surface area contributed by atoms with E-state index < -0.39 is 5.54 Å². The highest BCUT2D eigenvalue weighted by molar-refractivity contribution is 6.30. The summed E-state index contributed by atoms with van der Waals surface area (Å²) in [7, 11) is 0. The van der Waals surface area contributed by atoms with E-state index in [1.54, 1.807) is 10.9 Å². The fourth-order valence-corrected chi connectivity index (χ4v) is 0.953. The zero-order valence-electron chi connectivity index (χ0n) is 6.90. The molecular formula is C7H10ClN3O. The molecule has 0 saturated heterocycles. The number of hydrogen-bond donors (Lipinski definition) is 1. The molecule has 0 unspecified atom stereocenters. The lowest BCUT2D eigenvalue weighted by Gasteiger charge is -2.18. The second-order valence-electron chi connectivity index (χ2n) is 3.00. The lowest BCUT2D eigenvalue weighted by Crippen LogP contribution is -2.28. The van der Waals surface area contributed by atoms with Gasteiger partial charge in [-0.3, -0.25) is 4.68 Å². The maximum atomic E-state index is 8.37. The summed E-state index contributed by atoms with van der Waals surface area (Å²) in [6, 6.07) is 0. The standard InChI is InChI=1S/C7H10ClN3O/c1-7(2,5-10-12)11-4-6(8)3-9-11/h3-5,12H,1-2H3/b10-5+. The van der Waals surface area contributed by atoms with Gasteiger partial charge >= 0.3 is 0 Å². The Morgan fingerprint density at radius 3 is 2.83 bits per heavy atom. The van der Waals surface area contributed by atoms with E-state index in [2.05, 4.69) is 10.3 Å². The van der Waals surface area contributed by atoms with Gasteiger partial charge in [0, 0.05) is 6.20 Å². The molecule has 1 aromatic rings. The molecule has 5 heteroatoms. The van der Waals surface area contributed by atoms with Crippen molar-refractivity contribution in [2.24, 2.45) is 5.16 Å². The summed E-state index contributed by atoms with van der Waals surface area (Å²) in [5, 5.41) is 15.9. The molecule has 0 aliphatic heterocycles. The molecule has 0 saturated carbocycles. The number of hydrogen-bond acceptors (Lipinski definition) is 3. The van der Waals surface area contributed by atoms with E-state index in [4.69, 9.17) is 16.8 Å². The smallest absolute Gasteiger partial charge is 0.0954 e. The van der Waals surface area contributed by atoms with Crippen molar-refractivity contribution in [2.45, 2.75) is 19.4 Å². The van der Waals surface area contributed by atoms with Gasteiger partial charge < -0.3 is 5.21 Å². The van der Waals surface area contributed by atoms with Crippen LogP contribution in [0.1, 0.15) is 13.8 Å². The Labute approximate surface area is 75.4 Å². The molecule has 1 rings (SSSR count). The molecule has 0 amide bonds. The largest absolute Gasteiger partial charge is 0.411 e. The van der Waals surface area contributed by atoms with E-state index in [9.17, 15) is 0 Å². The molecule has 0 aromatic carbocycles. The van der Waals surface area contributed by atoms with Crippen LogP contribution in [0.25, 0.3) is 0 Å². The summed E-state index contributed by atoms with van der Waals surface area (Å²) < 4.78 is 1.62. The van der Waals surface area contributed by atoms with E-state index in [0.717, 1.165) is 0 Å². The van der Waals surface area contributed by atoms with Crippen LogP contribution in [0, 0.1) is 0 Å². The third-order valence-corrected chi connectivity index (χ3v) is 1.71. The number of rotatable bonds is 2. The summed E-state index contributed by atoms with van der Waals surface area (Å²) in [6.07, 6.45) is 4.59. The lowest BCUT2D eigenvalue weighted by molar-refractivity contribution is 0.311. The maximum absolute atomic E-state index is 8.37. The molecule has 0 spiro atoms. The summed E-state index contributed by atoms with van der Waals surface area (Å²) in [5.74, 6) is 0. The van der Waals surface area contributed by atoms with Crippen molar-refractivity contribution in [1.82, 2.24) is 9.78 Å². The first-order valence-electron chi connectivity index (χ1n) is 3.45. The monoisotopic (exact) mass is 187 g/mol. The van der Waals surface area contributed by atoms with Crippen LogP contribution in [0.4, 0.5) is 0 Å². The summed E-state index contributed by atoms with van der Waals surface area (Å²) in [4.78, 5) is 0. The third-order valence-electron chi connectivity index (χ3n) is 1.52. The van der Waals surface area contributed by atoms with Crippen molar-refractivity contribution in [3.63, 3.8) is 0 Å². The Kier molecular flexibility index (Phi) is 2.38. The number of oxime groups is 1. The molecule has 1 heterocycles. The van der Waals surface area contributed by atoms with Crippen LogP contribution in [-0.2, 0) is 5.54 Å². The average Bonchev–Trinajstić information content (AvgIpc) is 2.36. The highest BCUT2D eigenvalue weighted by atomic mass is 35.5. The Bertz CT molecular complexity index is 293. The van der Waals surface area contributed by atoms with E-state index in [0.29, 0.717) is 5.02 Å². The second kappa shape index (κ2) is 3.15. The molecule has 0 aliphatic rings. The van der Waals surface area contributed by atoms with Crippen molar-refractivity contribution in [1.29, 1.82) is 0 Å². The van der Waals surface area contributed by atoms with Gasteiger partial charge in [0.2, 0.25) is 0 Å². The summed E-state index contributed by atoms with van der Waals surface area (Å²) >= 11 is 5.68. The van der Waals surface area contributed by atoms with E-state index in [1.807, 2.05) is 13.8 Å². The first kappa shape index (κ1) is 9.06. The molecule has 0 radical (unpaired) electrons. The maximum Gasteiger partial charge on any atom is 0.0954 e. The van der Waals surface area contributed by atoms with E-state index >= 15 is 0 Å². The normalized spacial score (nSPS) is 12.6. The Hall–Kier alpha value is -1.03. The van der Waals surface area contributed by atoms with Crippen LogP contribution in [0.2, 0.25) is 5.02 Å². The second-order valence-corrected chi connectivity index (χ2v) is 3.44. The summed E-state index contributed by atoms with van der Waals surface area (Å²) in [5.41, 5.74) is -0.456. The van der Waals surface area contributed by atoms with Gasteiger partial charge in [-0.2, -0.15) is 5.10 Å². The molecule has 0 fully saturated rings. The van der Waals surface area contributed by atoms with Gasteiger partial charge in [-0.1, -0.05) is 16.8 Å². The van der Waals surface area contributed by atoms with Gasteiger partial charge in [0.25, 0.3) is 0 Å². The van der Waals surface area contributed by atoms with Crippen LogP contribution in [0.5, 0.6) is 0 Å². The highest BCUT2D eigenvalue weighted by Crippen LogP contribution is 2.14. The predicted molar refractivity (Wildman–Crippen MR) is 46.8 cm³/mol. The van der Waals surface area contributed by atoms with Gasteiger partial charge in [0.15, 0.2) is 0 Å². The van der Waals surface area contributed by atoms with Gasteiger partial charge in [0.1, 0.15) is 0 Å². The quantitative estimate of drug-likeness (QED) is 0.436. The van der Waals surface area contributed by atoms with Gasteiger partial charge in [-0.05, 0) is 13.8 Å². The molecule has 66 valence electrons. The summed E-state index contributed by atoms with van der Waals surface area (Å²) in [6.45, 7) is 3.71. The number of aromatic nitrogens is 2. The van der Waals surface area contributed by atoms with Crippen molar-refractivity contribution in [3.8, 4) is 0 Å². The Balaban J connectivity index is 2.96. The third kappa shape index (κ3) is 1.76. The molecule has 12 heavy (non-hydrogen) atoms. The minimum absolute atomic E-state index is 0.456. The first-order chi connectivity index (χ1) is 5.56. The highest BCUT2D eigenvalue weighted by Gasteiger charge is 2.18. The van der Waals surface area contributed by atoms with Crippen LogP contribution in [0.3, 0.4) is 0 Å². The minimum Gasteiger partial charge on any atom is -0.411 e. The van der Waals surface area contributed by atoms with Gasteiger partial charge in [-0.15, -0.1) is 0 Å². The molecular weight excluding hydrogens is 178 g/mol. The Morgan fingerprint density at radius 2 is 2.42 bits per heavy atom. The molecule has 1 aromatic heterocycles. The van der Waals surface area contributed by atoms with Crippen LogP contribution < -0.4 is 0 Å². The first-order valence-corrected chi connectivity index (χ1v) is 3.83. The predicted octanol–water partition coefficient (Wildman–Crippen LogP) is 1.73. The van der Waals surface area contributed by atoms with Crippen molar-refractivity contribution >= 4 is 17.8 Å². The zero-order chi connectivity index (χ0) is 9.19. The number of halogens is 1. The topological polar surface area (TPSA) is 50.4 Å². The molecule has 4 nitrogen and oxygen atoms in total. The minimum atomic E-state index is -0.456. The SMILES string of the molecule is CC(C)(/C=N/O)n1cc(Cl)cn1. The molecule has 1 N–H and O–H groups in total. The van der Waals surface area contributed by atoms with Crippen molar-refractivity contribution < 1.29 is 5.21 Å². The zero-order valence-corrected chi connectivity index (χ0v) is 7.65.